The first-order chi connectivity index (χ1) is 14.7. The van der Waals surface area contributed by atoms with Crippen LogP contribution in [-0.2, 0) is 14.8 Å². The third kappa shape index (κ3) is 6.78. The average molecular weight is 466 g/mol. The van der Waals surface area contributed by atoms with Crippen LogP contribution in [0.3, 0.4) is 0 Å². The number of anilines is 1. The Hall–Kier alpha value is -2.42. The van der Waals surface area contributed by atoms with Crippen molar-refractivity contribution in [2.75, 3.05) is 25.0 Å². The van der Waals surface area contributed by atoms with Crippen molar-refractivity contribution in [2.45, 2.75) is 38.5 Å². The van der Waals surface area contributed by atoms with Gasteiger partial charge in [-0.1, -0.05) is 31.5 Å². The van der Waals surface area contributed by atoms with Crippen LogP contribution in [0.2, 0.25) is 5.02 Å². The van der Waals surface area contributed by atoms with Gasteiger partial charge in [0, 0.05) is 42.3 Å². The van der Waals surface area contributed by atoms with E-state index in [0.29, 0.717) is 42.3 Å². The van der Waals surface area contributed by atoms with Gasteiger partial charge in [-0.2, -0.15) is 4.31 Å². The Kier molecular flexibility index (Phi) is 9.03. The Bertz CT molecular complexity index is 1020. The van der Waals surface area contributed by atoms with Crippen molar-refractivity contribution in [1.29, 1.82) is 0 Å². The third-order valence-corrected chi connectivity index (χ3v) is 7.10. The largest absolute Gasteiger partial charge is 0.352 e. The van der Waals surface area contributed by atoms with Crippen molar-refractivity contribution in [3.8, 4) is 0 Å². The molecule has 0 fully saturated rings. The highest BCUT2D eigenvalue weighted by atomic mass is 35.5. The summed E-state index contributed by atoms with van der Waals surface area (Å²) in [5.74, 6) is -0.483. The number of halogens is 1. The molecule has 0 aliphatic heterocycles. The van der Waals surface area contributed by atoms with Crippen molar-refractivity contribution in [3.63, 3.8) is 0 Å². The maximum Gasteiger partial charge on any atom is 0.251 e. The fourth-order valence-corrected chi connectivity index (χ4v) is 4.59. The molecule has 2 aromatic carbocycles. The van der Waals surface area contributed by atoms with Crippen LogP contribution in [0.15, 0.2) is 47.4 Å². The Balaban J connectivity index is 1.92. The van der Waals surface area contributed by atoms with E-state index in [1.165, 1.54) is 10.4 Å². The summed E-state index contributed by atoms with van der Waals surface area (Å²) in [6, 6.07) is 11.3. The number of carbonyl (C=O) groups is 2. The summed E-state index contributed by atoms with van der Waals surface area (Å²) in [5.41, 5.74) is 1.72. The number of hydrogen-bond acceptors (Lipinski definition) is 4. The number of rotatable bonds is 10. The lowest BCUT2D eigenvalue weighted by molar-refractivity contribution is -0.116. The molecule has 168 valence electrons. The maximum atomic E-state index is 12.7. The predicted molar refractivity (Wildman–Crippen MR) is 123 cm³/mol. The summed E-state index contributed by atoms with van der Waals surface area (Å²) in [5, 5.41) is 6.08. The molecular formula is C22H28ClN3O4S. The highest BCUT2D eigenvalue weighted by Crippen LogP contribution is 2.23. The first-order valence-electron chi connectivity index (χ1n) is 10.1. The number of hydrogen-bond donors (Lipinski definition) is 2. The van der Waals surface area contributed by atoms with Crippen LogP contribution in [0, 0.1) is 6.92 Å². The number of sulfonamides is 1. The van der Waals surface area contributed by atoms with E-state index in [2.05, 4.69) is 10.6 Å². The fraction of sp³-hybridized carbons (Fsp3) is 0.364. The van der Waals surface area contributed by atoms with E-state index in [4.69, 9.17) is 11.6 Å². The molecule has 0 spiro atoms. The average Bonchev–Trinajstić information content (AvgIpc) is 2.73. The summed E-state index contributed by atoms with van der Waals surface area (Å²) in [4.78, 5) is 24.5. The number of nitrogens with one attached hydrogen (secondary N) is 2. The Morgan fingerprint density at radius 1 is 1.03 bits per heavy atom. The zero-order chi connectivity index (χ0) is 23.0. The van der Waals surface area contributed by atoms with Crippen LogP contribution in [0.25, 0.3) is 0 Å². The van der Waals surface area contributed by atoms with Crippen molar-refractivity contribution in [2.24, 2.45) is 0 Å². The van der Waals surface area contributed by atoms with Crippen LogP contribution in [0.4, 0.5) is 5.69 Å². The molecule has 0 atom stereocenters. The molecule has 0 bridgehead atoms. The van der Waals surface area contributed by atoms with Crippen molar-refractivity contribution in [1.82, 2.24) is 9.62 Å². The van der Waals surface area contributed by atoms with Gasteiger partial charge in [0.25, 0.3) is 5.91 Å². The zero-order valence-corrected chi connectivity index (χ0v) is 19.5. The lowest BCUT2D eigenvalue weighted by atomic mass is 10.2. The second-order valence-electron chi connectivity index (χ2n) is 6.98. The minimum absolute atomic E-state index is 0.146. The highest BCUT2D eigenvalue weighted by Gasteiger charge is 2.22. The number of nitrogens with zero attached hydrogens (tertiary/aromatic N) is 1. The molecule has 0 saturated carbocycles. The molecule has 0 unspecified atom stereocenters. The first-order valence-corrected chi connectivity index (χ1v) is 11.9. The second-order valence-corrected chi connectivity index (χ2v) is 9.35. The molecule has 31 heavy (non-hydrogen) atoms. The molecular weight excluding hydrogens is 438 g/mol. The Morgan fingerprint density at radius 2 is 1.68 bits per heavy atom. The topological polar surface area (TPSA) is 95.6 Å². The van der Waals surface area contributed by atoms with Crippen molar-refractivity contribution in [3.05, 3.63) is 58.6 Å². The molecule has 0 saturated heterocycles. The van der Waals surface area contributed by atoms with Crippen LogP contribution >= 0.6 is 11.6 Å². The molecule has 9 heteroatoms. The molecule has 2 aromatic rings. The lowest BCUT2D eigenvalue weighted by Crippen LogP contribution is -2.30. The molecule has 2 rings (SSSR count). The number of carbonyl (C=O) groups excluding carboxylic acids is 2. The summed E-state index contributed by atoms with van der Waals surface area (Å²) < 4.78 is 26.8. The Morgan fingerprint density at radius 3 is 2.29 bits per heavy atom. The summed E-state index contributed by atoms with van der Waals surface area (Å²) in [7, 11) is -3.61. The van der Waals surface area contributed by atoms with E-state index in [1.807, 2.05) is 0 Å². The summed E-state index contributed by atoms with van der Waals surface area (Å²) in [6.45, 7) is 6.44. The van der Waals surface area contributed by atoms with Gasteiger partial charge in [0.05, 0.1) is 4.90 Å². The van der Waals surface area contributed by atoms with Gasteiger partial charge in [0.15, 0.2) is 0 Å². The molecule has 0 heterocycles. The summed E-state index contributed by atoms with van der Waals surface area (Å²) in [6.07, 6.45) is 0.634. The van der Waals surface area contributed by atoms with E-state index in [0.717, 1.165) is 5.56 Å². The molecule has 0 radical (unpaired) electrons. The van der Waals surface area contributed by atoms with Crippen molar-refractivity contribution < 1.29 is 18.0 Å². The van der Waals surface area contributed by atoms with E-state index in [9.17, 15) is 18.0 Å². The van der Waals surface area contributed by atoms with Gasteiger partial charge < -0.3 is 10.6 Å². The maximum absolute atomic E-state index is 12.7. The Labute approximate surface area is 188 Å². The smallest absolute Gasteiger partial charge is 0.251 e. The van der Waals surface area contributed by atoms with Gasteiger partial charge in [-0.05, 0) is 55.3 Å². The summed E-state index contributed by atoms with van der Waals surface area (Å²) >= 11 is 5.81. The second kappa shape index (κ2) is 11.3. The lowest BCUT2D eigenvalue weighted by Gasteiger charge is -2.19. The standard InChI is InChI=1S/C22H28ClN3O4S/c1-4-26(5-2)31(29,30)19-13-8-16(3)20(15-19)25-21(27)7-6-14-24-22(28)17-9-11-18(23)12-10-17/h8-13,15H,4-7,14H2,1-3H3,(H,24,28)(H,25,27). The SMILES string of the molecule is CCN(CC)S(=O)(=O)c1ccc(C)c(NC(=O)CCCNC(=O)c2ccc(Cl)cc2)c1. The molecule has 2 amide bonds. The van der Waals surface area contributed by atoms with E-state index in [-0.39, 0.29) is 23.1 Å². The van der Waals surface area contributed by atoms with Crippen LogP contribution in [-0.4, -0.2) is 44.2 Å². The fourth-order valence-electron chi connectivity index (χ4n) is 2.98. The number of benzene rings is 2. The van der Waals surface area contributed by atoms with Crippen LogP contribution < -0.4 is 10.6 Å². The molecule has 7 nitrogen and oxygen atoms in total. The van der Waals surface area contributed by atoms with E-state index in [1.54, 1.807) is 57.2 Å². The monoisotopic (exact) mass is 465 g/mol. The van der Waals surface area contributed by atoms with Crippen molar-refractivity contribution >= 4 is 39.1 Å². The van der Waals surface area contributed by atoms with Gasteiger partial charge in [-0.3, -0.25) is 9.59 Å². The van der Waals surface area contributed by atoms with Gasteiger partial charge in [0.1, 0.15) is 0 Å². The normalized spacial score (nSPS) is 11.4. The zero-order valence-electron chi connectivity index (χ0n) is 17.9. The molecule has 0 aliphatic rings. The number of aryl methyl sites for hydroxylation is 1. The third-order valence-electron chi connectivity index (χ3n) is 4.80. The predicted octanol–water partition coefficient (Wildman–Crippen LogP) is 3.83. The van der Waals surface area contributed by atoms with E-state index < -0.39 is 10.0 Å². The highest BCUT2D eigenvalue weighted by molar-refractivity contribution is 7.89. The van der Waals surface area contributed by atoms with Crippen LogP contribution in [0.5, 0.6) is 0 Å². The van der Waals surface area contributed by atoms with E-state index >= 15 is 0 Å². The molecule has 0 aromatic heterocycles. The van der Waals surface area contributed by atoms with Gasteiger partial charge >= 0.3 is 0 Å². The van der Waals surface area contributed by atoms with Gasteiger partial charge in [-0.25, -0.2) is 8.42 Å². The molecule has 0 aliphatic carbocycles. The number of amides is 2. The minimum atomic E-state index is -3.61. The molecule has 2 N–H and O–H groups in total. The minimum Gasteiger partial charge on any atom is -0.352 e. The quantitative estimate of drug-likeness (QED) is 0.521. The first kappa shape index (κ1) is 24.8. The van der Waals surface area contributed by atoms with Gasteiger partial charge in [-0.15, -0.1) is 0 Å². The van der Waals surface area contributed by atoms with Crippen LogP contribution in [0.1, 0.15) is 42.6 Å². The van der Waals surface area contributed by atoms with Gasteiger partial charge in [0.2, 0.25) is 15.9 Å².